The van der Waals surface area contributed by atoms with Gasteiger partial charge in [-0.05, 0) is 18.2 Å². The van der Waals surface area contributed by atoms with Crippen LogP contribution in [-0.2, 0) is 9.53 Å². The number of hydrogen-bond donors (Lipinski definition) is 0. The summed E-state index contributed by atoms with van der Waals surface area (Å²) in [6.45, 7) is 0.981. The molecule has 1 fully saturated rings. The molecule has 16 heavy (non-hydrogen) atoms. The predicted molar refractivity (Wildman–Crippen MR) is 59.3 cm³/mol. The van der Waals surface area contributed by atoms with Crippen molar-refractivity contribution in [3.63, 3.8) is 0 Å². The quantitative estimate of drug-likeness (QED) is 0.744. The highest BCUT2D eigenvalue weighted by atomic mass is 35.5. The van der Waals surface area contributed by atoms with Crippen LogP contribution in [0.1, 0.15) is 5.56 Å². The molecular weight excluding hydrogens is 228 g/mol. The number of hydrogen-bond acceptors (Lipinski definition) is 3. The minimum Gasteiger partial charge on any atom is -0.370 e. The first-order valence-electron chi connectivity index (χ1n) is 4.80. The zero-order valence-electron chi connectivity index (χ0n) is 8.44. The summed E-state index contributed by atoms with van der Waals surface area (Å²) in [6, 6.07) is 6.92. The Morgan fingerprint density at radius 1 is 1.50 bits per heavy atom. The third kappa shape index (κ3) is 2.01. The molecule has 1 amide bonds. The molecule has 5 heteroatoms. The molecule has 4 nitrogen and oxygen atoms in total. The van der Waals surface area contributed by atoms with Crippen molar-refractivity contribution < 1.29 is 9.53 Å². The van der Waals surface area contributed by atoms with E-state index in [0.717, 1.165) is 0 Å². The molecule has 1 saturated heterocycles. The molecule has 1 aliphatic heterocycles. The highest BCUT2D eigenvalue weighted by molar-refractivity contribution is 6.31. The highest BCUT2D eigenvalue weighted by Gasteiger charge is 2.22. The molecule has 1 aromatic rings. The number of nitriles is 1. The van der Waals surface area contributed by atoms with Crippen molar-refractivity contribution in [2.75, 3.05) is 24.7 Å². The molecule has 0 atom stereocenters. The first kappa shape index (κ1) is 10.9. The van der Waals surface area contributed by atoms with Crippen molar-refractivity contribution in [3.05, 3.63) is 28.8 Å². The molecular formula is C11H9ClN2O2. The van der Waals surface area contributed by atoms with Crippen LogP contribution in [-0.4, -0.2) is 25.7 Å². The normalized spacial score (nSPS) is 16.0. The van der Waals surface area contributed by atoms with E-state index >= 15 is 0 Å². The maximum atomic E-state index is 11.6. The molecule has 0 N–H and O–H groups in total. The molecule has 0 unspecified atom stereocenters. The fraction of sp³-hybridized carbons (Fsp3) is 0.273. The lowest BCUT2D eigenvalue weighted by Gasteiger charge is -2.27. The average molecular weight is 237 g/mol. The van der Waals surface area contributed by atoms with Gasteiger partial charge < -0.3 is 9.64 Å². The van der Waals surface area contributed by atoms with Crippen LogP contribution in [0.3, 0.4) is 0 Å². The number of anilines is 1. The second kappa shape index (κ2) is 4.52. The van der Waals surface area contributed by atoms with Gasteiger partial charge in [0.1, 0.15) is 12.7 Å². The van der Waals surface area contributed by atoms with Crippen LogP contribution in [0, 0.1) is 11.3 Å². The summed E-state index contributed by atoms with van der Waals surface area (Å²) in [7, 11) is 0. The van der Waals surface area contributed by atoms with Crippen molar-refractivity contribution in [3.8, 4) is 6.07 Å². The molecule has 1 heterocycles. The van der Waals surface area contributed by atoms with Gasteiger partial charge in [0.15, 0.2) is 0 Å². The summed E-state index contributed by atoms with van der Waals surface area (Å²) in [5, 5.41) is 9.47. The standard InChI is InChI=1S/C11H9ClN2O2/c12-9-2-1-8(6-13)10(5-9)14-3-4-16-7-11(14)15/h1-2,5H,3-4,7H2. The summed E-state index contributed by atoms with van der Waals surface area (Å²) in [5.74, 6) is -0.148. The SMILES string of the molecule is N#Cc1ccc(Cl)cc1N1CCOCC1=O. The van der Waals surface area contributed by atoms with Gasteiger partial charge in [0.25, 0.3) is 5.91 Å². The van der Waals surface area contributed by atoms with Gasteiger partial charge in [0.2, 0.25) is 0 Å². The number of rotatable bonds is 1. The first-order chi connectivity index (χ1) is 7.72. The molecule has 0 aliphatic carbocycles. The van der Waals surface area contributed by atoms with E-state index in [0.29, 0.717) is 29.4 Å². The minimum absolute atomic E-state index is 0.0530. The van der Waals surface area contributed by atoms with Crippen LogP contribution in [0.4, 0.5) is 5.69 Å². The van der Waals surface area contributed by atoms with Gasteiger partial charge in [0, 0.05) is 11.6 Å². The van der Waals surface area contributed by atoms with Crippen molar-refractivity contribution in [2.24, 2.45) is 0 Å². The van der Waals surface area contributed by atoms with E-state index < -0.39 is 0 Å². The van der Waals surface area contributed by atoms with Crippen LogP contribution in [0.25, 0.3) is 0 Å². The predicted octanol–water partition coefficient (Wildman–Crippen LogP) is 1.57. The van der Waals surface area contributed by atoms with Crippen molar-refractivity contribution in [2.45, 2.75) is 0 Å². The van der Waals surface area contributed by atoms with E-state index in [9.17, 15) is 4.79 Å². The number of morpholine rings is 1. The van der Waals surface area contributed by atoms with Crippen molar-refractivity contribution in [1.82, 2.24) is 0 Å². The second-order valence-electron chi connectivity index (χ2n) is 3.37. The van der Waals surface area contributed by atoms with Crippen LogP contribution in [0.5, 0.6) is 0 Å². The van der Waals surface area contributed by atoms with Crippen LogP contribution < -0.4 is 4.90 Å². The number of ether oxygens (including phenoxy) is 1. The van der Waals surface area contributed by atoms with Crippen LogP contribution >= 0.6 is 11.6 Å². The number of carbonyl (C=O) groups excluding carboxylic acids is 1. The van der Waals surface area contributed by atoms with Gasteiger partial charge in [0.05, 0.1) is 17.9 Å². The summed E-state index contributed by atoms with van der Waals surface area (Å²) in [6.07, 6.45) is 0. The van der Waals surface area contributed by atoms with Gasteiger partial charge in [-0.1, -0.05) is 11.6 Å². The Labute approximate surface area is 98.0 Å². The Morgan fingerprint density at radius 2 is 2.31 bits per heavy atom. The van der Waals surface area contributed by atoms with E-state index in [4.69, 9.17) is 21.6 Å². The van der Waals surface area contributed by atoms with E-state index in [1.807, 2.05) is 6.07 Å². The monoisotopic (exact) mass is 236 g/mol. The maximum absolute atomic E-state index is 11.6. The fourth-order valence-electron chi connectivity index (χ4n) is 1.60. The molecule has 0 spiro atoms. The van der Waals surface area contributed by atoms with Gasteiger partial charge in [-0.2, -0.15) is 5.26 Å². The summed E-state index contributed by atoms with van der Waals surface area (Å²) in [4.78, 5) is 13.2. The molecule has 1 aromatic carbocycles. The zero-order chi connectivity index (χ0) is 11.5. The average Bonchev–Trinajstić information content (AvgIpc) is 2.29. The largest absolute Gasteiger partial charge is 0.370 e. The molecule has 1 aliphatic rings. The Balaban J connectivity index is 2.42. The molecule has 0 aromatic heterocycles. The summed E-state index contributed by atoms with van der Waals surface area (Å²) in [5.41, 5.74) is 1.00. The molecule has 0 bridgehead atoms. The van der Waals surface area contributed by atoms with Gasteiger partial charge in [-0.15, -0.1) is 0 Å². The Kier molecular flexibility index (Phi) is 3.09. The van der Waals surface area contributed by atoms with Gasteiger partial charge >= 0.3 is 0 Å². The fourth-order valence-corrected chi connectivity index (χ4v) is 1.76. The molecule has 0 saturated carbocycles. The highest BCUT2D eigenvalue weighted by Crippen LogP contribution is 2.25. The first-order valence-corrected chi connectivity index (χ1v) is 5.18. The Bertz CT molecular complexity index is 468. The smallest absolute Gasteiger partial charge is 0.253 e. The van der Waals surface area contributed by atoms with Crippen molar-refractivity contribution in [1.29, 1.82) is 5.26 Å². The lowest BCUT2D eigenvalue weighted by molar-refractivity contribution is -0.125. The third-order valence-corrected chi connectivity index (χ3v) is 2.59. The Hall–Kier alpha value is -1.57. The van der Waals surface area contributed by atoms with Crippen LogP contribution in [0.2, 0.25) is 5.02 Å². The maximum Gasteiger partial charge on any atom is 0.253 e. The number of benzene rings is 1. The number of nitrogens with zero attached hydrogens (tertiary/aromatic N) is 2. The molecule has 82 valence electrons. The molecule has 0 radical (unpaired) electrons. The summed E-state index contributed by atoms with van der Waals surface area (Å²) >= 11 is 5.86. The Morgan fingerprint density at radius 3 is 3.00 bits per heavy atom. The number of amides is 1. The summed E-state index contributed by atoms with van der Waals surface area (Å²) < 4.78 is 5.03. The van der Waals surface area contributed by atoms with E-state index in [2.05, 4.69) is 0 Å². The lowest BCUT2D eigenvalue weighted by Crippen LogP contribution is -2.42. The van der Waals surface area contributed by atoms with E-state index in [-0.39, 0.29) is 12.5 Å². The zero-order valence-corrected chi connectivity index (χ0v) is 9.20. The number of carbonyl (C=O) groups is 1. The minimum atomic E-state index is -0.148. The van der Waals surface area contributed by atoms with Gasteiger partial charge in [-0.25, -0.2) is 0 Å². The van der Waals surface area contributed by atoms with E-state index in [1.54, 1.807) is 18.2 Å². The van der Waals surface area contributed by atoms with Crippen molar-refractivity contribution >= 4 is 23.2 Å². The van der Waals surface area contributed by atoms with Crippen LogP contribution in [0.15, 0.2) is 18.2 Å². The number of halogens is 1. The van der Waals surface area contributed by atoms with Gasteiger partial charge in [-0.3, -0.25) is 4.79 Å². The third-order valence-electron chi connectivity index (χ3n) is 2.36. The second-order valence-corrected chi connectivity index (χ2v) is 3.81. The lowest BCUT2D eigenvalue weighted by atomic mass is 10.1. The molecule has 2 rings (SSSR count). The van der Waals surface area contributed by atoms with E-state index in [1.165, 1.54) is 4.90 Å². The topological polar surface area (TPSA) is 53.3 Å².